The molecule has 0 radical (unpaired) electrons. The first-order valence-corrected chi connectivity index (χ1v) is 11.5. The molecule has 0 bridgehead atoms. The second kappa shape index (κ2) is 11.3. The van der Waals surface area contributed by atoms with Gasteiger partial charge in [0.05, 0.1) is 6.54 Å². The fourth-order valence-corrected chi connectivity index (χ4v) is 3.98. The average Bonchev–Trinajstić information content (AvgIpc) is 3.11. The van der Waals surface area contributed by atoms with Crippen LogP contribution in [0.1, 0.15) is 17.0 Å². The molecular formula is C24H24N2O5S. The first kappa shape index (κ1) is 23.2. The molecule has 1 aliphatic carbocycles. The van der Waals surface area contributed by atoms with Crippen molar-refractivity contribution in [3.8, 4) is 23.0 Å². The van der Waals surface area contributed by atoms with Crippen molar-refractivity contribution in [1.82, 2.24) is 10.2 Å². The molecule has 2 aromatic carbocycles. The van der Waals surface area contributed by atoms with Crippen molar-refractivity contribution in [2.75, 3.05) is 38.2 Å². The number of carbonyl (C=O) groups excluding carboxylic acids is 2. The van der Waals surface area contributed by atoms with E-state index < -0.39 is 24.5 Å². The SMILES string of the molecule is CSCCN(CC(=O)O)C(=O)C#CCNC(=O)OCC1c2ccccc2-c2ccccc21. The zero-order valence-electron chi connectivity index (χ0n) is 17.7. The maximum Gasteiger partial charge on any atom is 0.407 e. The van der Waals surface area contributed by atoms with E-state index in [-0.39, 0.29) is 19.1 Å². The maximum atomic E-state index is 12.1. The van der Waals surface area contributed by atoms with Gasteiger partial charge in [-0.3, -0.25) is 9.59 Å². The van der Waals surface area contributed by atoms with Crippen LogP contribution in [0.2, 0.25) is 0 Å². The summed E-state index contributed by atoms with van der Waals surface area (Å²) in [6, 6.07) is 16.1. The molecule has 0 aromatic heterocycles. The summed E-state index contributed by atoms with van der Waals surface area (Å²) >= 11 is 1.51. The van der Waals surface area contributed by atoms with Crippen molar-refractivity contribution in [3.05, 3.63) is 59.7 Å². The molecule has 0 spiro atoms. The fourth-order valence-electron chi connectivity index (χ4n) is 3.58. The molecule has 7 nitrogen and oxygen atoms in total. The molecular weight excluding hydrogens is 428 g/mol. The summed E-state index contributed by atoms with van der Waals surface area (Å²) in [6.45, 7) is -0.00614. The molecule has 2 N–H and O–H groups in total. The number of carboxylic acid groups (broad SMARTS) is 1. The Kier molecular flexibility index (Phi) is 8.17. The van der Waals surface area contributed by atoms with Gasteiger partial charge in [-0.1, -0.05) is 54.5 Å². The van der Waals surface area contributed by atoms with Crippen LogP contribution in [-0.2, 0) is 14.3 Å². The quantitative estimate of drug-likeness (QED) is 0.598. The molecule has 0 atom stereocenters. The number of aliphatic carboxylic acids is 1. The van der Waals surface area contributed by atoms with Gasteiger partial charge in [-0.15, -0.1) is 0 Å². The number of ether oxygens (including phenoxy) is 1. The van der Waals surface area contributed by atoms with Gasteiger partial charge in [-0.05, 0) is 34.4 Å². The minimum atomic E-state index is -1.10. The van der Waals surface area contributed by atoms with Gasteiger partial charge in [0, 0.05) is 18.2 Å². The molecule has 0 heterocycles. The fraction of sp³-hybridized carbons (Fsp3) is 0.292. The number of thioether (sulfide) groups is 1. The molecule has 8 heteroatoms. The van der Waals surface area contributed by atoms with Crippen LogP contribution in [0.15, 0.2) is 48.5 Å². The number of alkyl carbamates (subject to hydrolysis) is 1. The standard InChI is InChI=1S/C24H24N2O5S/c1-32-14-13-26(15-23(28)29)22(27)11-6-12-25-24(30)31-16-21-19-9-4-2-7-17(19)18-8-3-5-10-20(18)21/h2-5,7-10,21H,12-16H2,1H3,(H,25,30)(H,28,29). The third kappa shape index (κ3) is 5.83. The molecule has 0 unspecified atom stereocenters. The summed E-state index contributed by atoms with van der Waals surface area (Å²) in [6.07, 6.45) is 1.24. The highest BCUT2D eigenvalue weighted by atomic mass is 32.2. The number of nitrogens with zero attached hydrogens (tertiary/aromatic N) is 1. The Morgan fingerprint density at radius 1 is 1.09 bits per heavy atom. The summed E-state index contributed by atoms with van der Waals surface area (Å²) in [5.74, 6) is 3.81. The normalized spacial score (nSPS) is 11.5. The molecule has 0 aliphatic heterocycles. The van der Waals surface area contributed by atoms with E-state index in [0.29, 0.717) is 12.3 Å². The summed E-state index contributed by atoms with van der Waals surface area (Å²) in [5.41, 5.74) is 4.54. The monoisotopic (exact) mass is 452 g/mol. The number of benzene rings is 2. The molecule has 0 fully saturated rings. The van der Waals surface area contributed by atoms with Crippen LogP contribution in [0.25, 0.3) is 11.1 Å². The Labute approximate surface area is 191 Å². The number of amides is 2. The smallest absolute Gasteiger partial charge is 0.407 e. The lowest BCUT2D eigenvalue weighted by Crippen LogP contribution is -2.36. The zero-order valence-corrected chi connectivity index (χ0v) is 18.5. The van der Waals surface area contributed by atoms with Crippen LogP contribution in [0.3, 0.4) is 0 Å². The summed E-state index contributed by atoms with van der Waals surface area (Å²) in [4.78, 5) is 36.3. The van der Waals surface area contributed by atoms with Gasteiger partial charge in [-0.2, -0.15) is 11.8 Å². The van der Waals surface area contributed by atoms with Gasteiger partial charge in [0.25, 0.3) is 5.91 Å². The van der Waals surface area contributed by atoms with Crippen molar-refractivity contribution in [2.24, 2.45) is 0 Å². The Bertz CT molecular complexity index is 1010. The Hall–Kier alpha value is -3.44. The third-order valence-corrected chi connectivity index (χ3v) is 5.63. The number of carboxylic acids is 1. The van der Waals surface area contributed by atoms with Crippen LogP contribution < -0.4 is 5.32 Å². The molecule has 166 valence electrons. The largest absolute Gasteiger partial charge is 0.480 e. The van der Waals surface area contributed by atoms with Gasteiger partial charge in [-0.25, -0.2) is 4.79 Å². The van der Waals surface area contributed by atoms with E-state index in [1.54, 1.807) is 0 Å². The number of fused-ring (bicyclic) bond motifs is 3. The topological polar surface area (TPSA) is 95.9 Å². The van der Waals surface area contributed by atoms with Crippen LogP contribution >= 0.6 is 11.8 Å². The number of rotatable bonds is 8. The molecule has 3 rings (SSSR count). The highest BCUT2D eigenvalue weighted by Gasteiger charge is 2.28. The van der Waals surface area contributed by atoms with Crippen LogP contribution in [0.5, 0.6) is 0 Å². The first-order valence-electron chi connectivity index (χ1n) is 10.1. The minimum Gasteiger partial charge on any atom is -0.480 e. The maximum absolute atomic E-state index is 12.1. The molecule has 2 amide bonds. The molecule has 2 aromatic rings. The van der Waals surface area contributed by atoms with Crippen LogP contribution in [-0.4, -0.2) is 66.2 Å². The zero-order chi connectivity index (χ0) is 22.9. The lowest BCUT2D eigenvalue weighted by Gasteiger charge is -2.16. The van der Waals surface area contributed by atoms with Crippen LogP contribution in [0.4, 0.5) is 4.79 Å². The molecule has 0 saturated heterocycles. The third-order valence-electron chi connectivity index (χ3n) is 5.04. The van der Waals surface area contributed by atoms with Crippen molar-refractivity contribution < 1.29 is 24.2 Å². The lowest BCUT2D eigenvalue weighted by atomic mass is 9.98. The van der Waals surface area contributed by atoms with Gasteiger partial charge in [0.15, 0.2) is 0 Å². The van der Waals surface area contributed by atoms with Crippen molar-refractivity contribution in [3.63, 3.8) is 0 Å². The summed E-state index contributed by atoms with van der Waals surface area (Å²) in [5, 5.41) is 11.4. The summed E-state index contributed by atoms with van der Waals surface area (Å²) < 4.78 is 5.41. The van der Waals surface area contributed by atoms with Crippen molar-refractivity contribution in [1.29, 1.82) is 0 Å². The predicted molar refractivity (Wildman–Crippen MR) is 123 cm³/mol. The number of hydrogen-bond acceptors (Lipinski definition) is 5. The highest BCUT2D eigenvalue weighted by molar-refractivity contribution is 7.98. The minimum absolute atomic E-state index is 0.0400. The van der Waals surface area contributed by atoms with Gasteiger partial charge in [0.1, 0.15) is 13.2 Å². The average molecular weight is 453 g/mol. The Balaban J connectivity index is 1.51. The van der Waals surface area contributed by atoms with Gasteiger partial charge in [0.2, 0.25) is 0 Å². The van der Waals surface area contributed by atoms with E-state index in [2.05, 4.69) is 29.3 Å². The lowest BCUT2D eigenvalue weighted by molar-refractivity contribution is -0.142. The van der Waals surface area contributed by atoms with E-state index >= 15 is 0 Å². The van der Waals surface area contributed by atoms with Crippen LogP contribution in [0, 0.1) is 11.8 Å². The Morgan fingerprint density at radius 3 is 2.31 bits per heavy atom. The summed E-state index contributed by atoms with van der Waals surface area (Å²) in [7, 11) is 0. The predicted octanol–water partition coefficient (Wildman–Crippen LogP) is 2.80. The molecule has 0 saturated carbocycles. The van der Waals surface area contributed by atoms with Crippen molar-refractivity contribution in [2.45, 2.75) is 5.92 Å². The van der Waals surface area contributed by atoms with E-state index in [1.165, 1.54) is 16.7 Å². The highest BCUT2D eigenvalue weighted by Crippen LogP contribution is 2.44. The molecule has 32 heavy (non-hydrogen) atoms. The van der Waals surface area contributed by atoms with Crippen molar-refractivity contribution >= 4 is 29.7 Å². The second-order valence-electron chi connectivity index (χ2n) is 7.09. The number of hydrogen-bond donors (Lipinski definition) is 2. The second-order valence-corrected chi connectivity index (χ2v) is 8.08. The van der Waals surface area contributed by atoms with Gasteiger partial charge >= 0.3 is 12.1 Å². The van der Waals surface area contributed by atoms with E-state index in [4.69, 9.17) is 9.84 Å². The van der Waals surface area contributed by atoms with E-state index in [9.17, 15) is 14.4 Å². The number of nitrogens with one attached hydrogen (secondary N) is 1. The van der Waals surface area contributed by atoms with E-state index in [1.807, 2.05) is 42.7 Å². The van der Waals surface area contributed by atoms with E-state index in [0.717, 1.165) is 22.3 Å². The molecule has 1 aliphatic rings. The first-order chi connectivity index (χ1) is 15.5. The Morgan fingerprint density at radius 2 is 1.72 bits per heavy atom. The van der Waals surface area contributed by atoms with Gasteiger partial charge < -0.3 is 20.1 Å². The number of carbonyl (C=O) groups is 3.